The molecule has 0 N–H and O–H groups in total. The minimum atomic E-state index is -0.229. The fourth-order valence-corrected chi connectivity index (χ4v) is 3.01. The minimum absolute atomic E-state index is 0.229. The summed E-state index contributed by atoms with van der Waals surface area (Å²) >= 11 is 0. The quantitative estimate of drug-likeness (QED) is 0.447. The Bertz CT molecular complexity index is 803. The van der Waals surface area contributed by atoms with Crippen LogP contribution in [0.15, 0.2) is 60.3 Å². The first-order valence-corrected chi connectivity index (χ1v) is 8.69. The van der Waals surface area contributed by atoms with E-state index in [1.165, 1.54) is 11.1 Å². The molecule has 0 radical (unpaired) electrons. The van der Waals surface area contributed by atoms with E-state index in [9.17, 15) is 10.1 Å². The number of nitro groups is 1. The highest BCUT2D eigenvalue weighted by molar-refractivity contribution is 5.70. The number of hydrogen-bond acceptors (Lipinski definition) is 2. The van der Waals surface area contributed by atoms with E-state index >= 15 is 0 Å². The molecule has 0 unspecified atom stereocenters. The van der Waals surface area contributed by atoms with Gasteiger partial charge in [-0.25, -0.2) is 0 Å². The largest absolute Gasteiger partial charge is 0.259 e. The monoisotopic (exact) mass is 335 g/mol. The maximum Gasteiger partial charge on any atom is 0.249 e. The normalized spacial score (nSPS) is 12.3. The molecule has 2 aromatic carbocycles. The molecule has 25 heavy (non-hydrogen) atoms. The molecule has 130 valence electrons. The molecule has 0 aliphatic rings. The van der Waals surface area contributed by atoms with E-state index in [1.807, 2.05) is 50.2 Å². The minimum Gasteiger partial charge on any atom is -0.259 e. The zero-order chi connectivity index (χ0) is 18.2. The van der Waals surface area contributed by atoms with E-state index in [2.05, 4.69) is 31.2 Å². The highest BCUT2D eigenvalue weighted by atomic mass is 16.6. The molecule has 0 aliphatic heterocycles. The van der Waals surface area contributed by atoms with Crippen LogP contribution in [0, 0.1) is 24.0 Å². The molecule has 0 bridgehead atoms. The Labute approximate surface area is 149 Å². The molecule has 2 aromatic rings. The lowest BCUT2D eigenvalue weighted by Gasteiger charge is -2.11. The second kappa shape index (κ2) is 8.97. The second-order valence-electron chi connectivity index (χ2n) is 6.15. The number of hydrogen-bond donors (Lipinski definition) is 0. The second-order valence-corrected chi connectivity index (χ2v) is 6.15. The number of allylic oxidation sites excluding steroid dienone is 3. The Morgan fingerprint density at radius 3 is 2.28 bits per heavy atom. The number of rotatable bonds is 7. The van der Waals surface area contributed by atoms with Gasteiger partial charge < -0.3 is 0 Å². The fourth-order valence-electron chi connectivity index (χ4n) is 3.01. The number of aryl methyl sites for hydroxylation is 2. The zero-order valence-corrected chi connectivity index (χ0v) is 15.2. The van der Waals surface area contributed by atoms with Crippen LogP contribution in [0.3, 0.4) is 0 Å². The van der Waals surface area contributed by atoms with Gasteiger partial charge in [0.15, 0.2) is 0 Å². The third kappa shape index (κ3) is 4.90. The Morgan fingerprint density at radius 2 is 1.68 bits per heavy atom. The average molecular weight is 335 g/mol. The van der Waals surface area contributed by atoms with Crippen molar-refractivity contribution in [2.45, 2.75) is 40.0 Å². The lowest BCUT2D eigenvalue weighted by molar-refractivity contribution is -0.426. The topological polar surface area (TPSA) is 43.1 Å². The molecule has 0 fully saturated rings. The van der Waals surface area contributed by atoms with Crippen molar-refractivity contribution in [3.05, 3.63) is 92.7 Å². The molecular formula is C22H25NO2. The molecule has 0 saturated heterocycles. The highest BCUT2D eigenvalue weighted by Gasteiger charge is 2.18. The van der Waals surface area contributed by atoms with Crippen molar-refractivity contribution in [3.63, 3.8) is 0 Å². The van der Waals surface area contributed by atoms with Crippen LogP contribution >= 0.6 is 0 Å². The summed E-state index contributed by atoms with van der Waals surface area (Å²) in [6.45, 7) is 5.94. The molecule has 2 rings (SSSR count). The highest BCUT2D eigenvalue weighted by Crippen LogP contribution is 2.29. The molecular weight excluding hydrogens is 310 g/mol. The van der Waals surface area contributed by atoms with Crippen molar-refractivity contribution in [1.29, 1.82) is 0 Å². The van der Waals surface area contributed by atoms with Crippen molar-refractivity contribution in [2.24, 2.45) is 0 Å². The van der Waals surface area contributed by atoms with Gasteiger partial charge in [0, 0.05) is 12.0 Å². The number of benzene rings is 2. The third-order valence-electron chi connectivity index (χ3n) is 4.42. The van der Waals surface area contributed by atoms with Gasteiger partial charge in [-0.05, 0) is 48.9 Å². The Hall–Kier alpha value is -2.68. The van der Waals surface area contributed by atoms with Gasteiger partial charge in [0.25, 0.3) is 0 Å². The van der Waals surface area contributed by atoms with Gasteiger partial charge in [-0.3, -0.25) is 10.1 Å². The predicted molar refractivity (Wildman–Crippen MR) is 105 cm³/mol. The van der Waals surface area contributed by atoms with Gasteiger partial charge >= 0.3 is 0 Å². The van der Waals surface area contributed by atoms with Gasteiger partial charge in [0.2, 0.25) is 5.70 Å². The van der Waals surface area contributed by atoms with Crippen molar-refractivity contribution >= 4 is 11.6 Å². The summed E-state index contributed by atoms with van der Waals surface area (Å²) in [5, 5.41) is 11.5. The summed E-state index contributed by atoms with van der Waals surface area (Å²) in [6.07, 6.45) is 6.07. The Morgan fingerprint density at radius 1 is 1.04 bits per heavy atom. The molecule has 3 nitrogen and oxygen atoms in total. The van der Waals surface area contributed by atoms with E-state index in [1.54, 1.807) is 0 Å². The lowest BCUT2D eigenvalue weighted by Crippen LogP contribution is -2.03. The summed E-state index contributed by atoms with van der Waals surface area (Å²) in [6, 6.07) is 16.1. The molecule has 0 aromatic heterocycles. The molecule has 0 spiro atoms. The predicted octanol–water partition coefficient (Wildman–Crippen LogP) is 6.19. The van der Waals surface area contributed by atoms with Crippen LogP contribution in [-0.2, 0) is 0 Å². The smallest absolute Gasteiger partial charge is 0.249 e. The standard InChI is InChI=1S/C22H25NO2/c1-4-22(23(24)25)21(20-15-9-6-12-18(20)3)16-10-8-14-19-13-7-5-11-17(19)2/h5-9,11-15H,4,10,16H2,1-3H3/b14-8-,22-21+. The van der Waals surface area contributed by atoms with Gasteiger partial charge in [0.05, 0.1) is 4.92 Å². The van der Waals surface area contributed by atoms with E-state index in [4.69, 9.17) is 0 Å². The van der Waals surface area contributed by atoms with Crippen molar-refractivity contribution in [1.82, 2.24) is 0 Å². The van der Waals surface area contributed by atoms with Crippen LogP contribution in [0.5, 0.6) is 0 Å². The first-order valence-electron chi connectivity index (χ1n) is 8.69. The van der Waals surface area contributed by atoms with Gasteiger partial charge in [-0.15, -0.1) is 0 Å². The Balaban J connectivity index is 2.25. The first-order chi connectivity index (χ1) is 12.0. The van der Waals surface area contributed by atoms with Gasteiger partial charge in [0.1, 0.15) is 0 Å². The van der Waals surface area contributed by atoms with Crippen LogP contribution in [0.25, 0.3) is 11.6 Å². The molecule has 0 atom stereocenters. The fraction of sp³-hybridized carbons (Fsp3) is 0.273. The summed E-state index contributed by atoms with van der Waals surface area (Å²) in [7, 11) is 0. The van der Waals surface area contributed by atoms with Crippen molar-refractivity contribution in [2.75, 3.05) is 0 Å². The lowest BCUT2D eigenvalue weighted by atomic mass is 9.94. The third-order valence-corrected chi connectivity index (χ3v) is 4.42. The summed E-state index contributed by atoms with van der Waals surface area (Å²) < 4.78 is 0. The van der Waals surface area contributed by atoms with Gasteiger partial charge in [-0.1, -0.05) is 67.6 Å². The van der Waals surface area contributed by atoms with Crippen LogP contribution in [0.1, 0.15) is 48.4 Å². The Kier molecular flexibility index (Phi) is 6.70. The van der Waals surface area contributed by atoms with E-state index in [0.717, 1.165) is 23.1 Å². The number of nitrogens with zero attached hydrogens (tertiary/aromatic N) is 1. The van der Waals surface area contributed by atoms with Crippen molar-refractivity contribution < 1.29 is 4.92 Å². The van der Waals surface area contributed by atoms with Crippen molar-refractivity contribution in [3.8, 4) is 0 Å². The van der Waals surface area contributed by atoms with Crippen LogP contribution in [0.2, 0.25) is 0 Å². The summed E-state index contributed by atoms with van der Waals surface area (Å²) in [4.78, 5) is 11.3. The molecule has 0 saturated carbocycles. The maximum absolute atomic E-state index is 11.5. The molecule has 0 aliphatic carbocycles. The summed E-state index contributed by atoms with van der Waals surface area (Å²) in [5.41, 5.74) is 5.65. The molecule has 0 heterocycles. The van der Waals surface area contributed by atoms with Crippen LogP contribution in [0.4, 0.5) is 0 Å². The van der Waals surface area contributed by atoms with Crippen LogP contribution < -0.4 is 0 Å². The molecule has 3 heteroatoms. The first kappa shape index (κ1) is 18.7. The molecule has 0 amide bonds. The van der Waals surface area contributed by atoms with E-state index in [0.29, 0.717) is 18.5 Å². The van der Waals surface area contributed by atoms with Crippen LogP contribution in [-0.4, -0.2) is 4.92 Å². The SMILES string of the molecule is CC/C(=C(/CC/C=C\c1ccccc1C)c1ccccc1C)[N+](=O)[O-]. The zero-order valence-electron chi connectivity index (χ0n) is 15.2. The summed E-state index contributed by atoms with van der Waals surface area (Å²) in [5.74, 6) is 0. The van der Waals surface area contributed by atoms with E-state index in [-0.39, 0.29) is 4.92 Å². The maximum atomic E-state index is 11.5. The average Bonchev–Trinajstić information content (AvgIpc) is 2.59. The van der Waals surface area contributed by atoms with E-state index < -0.39 is 0 Å². The van der Waals surface area contributed by atoms with Gasteiger partial charge in [-0.2, -0.15) is 0 Å².